The van der Waals surface area contributed by atoms with Gasteiger partial charge < -0.3 is 10.4 Å². The van der Waals surface area contributed by atoms with E-state index in [0.29, 0.717) is 17.4 Å². The molecule has 5 rings (SSSR count). The summed E-state index contributed by atoms with van der Waals surface area (Å²) in [6, 6.07) is 0.598. The Morgan fingerprint density at radius 1 is 1.25 bits per heavy atom. The Morgan fingerprint density at radius 2 is 2.04 bits per heavy atom. The normalized spacial score (nSPS) is 55.5. The quantitative estimate of drug-likeness (QED) is 0.719. The number of ketones is 1. The second kappa shape index (κ2) is 4.82. The van der Waals surface area contributed by atoms with Gasteiger partial charge in [-0.3, -0.25) is 4.79 Å². The van der Waals surface area contributed by atoms with E-state index in [1.807, 2.05) is 6.08 Å². The lowest BCUT2D eigenvalue weighted by Crippen LogP contribution is -2.57. The van der Waals surface area contributed by atoms with Gasteiger partial charge >= 0.3 is 0 Å². The zero-order valence-electron chi connectivity index (χ0n) is 14.8. The molecule has 0 aromatic carbocycles. The summed E-state index contributed by atoms with van der Waals surface area (Å²) in [5.41, 5.74) is 1.47. The van der Waals surface area contributed by atoms with Crippen LogP contribution in [0.25, 0.3) is 0 Å². The van der Waals surface area contributed by atoms with E-state index in [9.17, 15) is 9.90 Å². The molecular weight excluding hydrogens is 298 g/mol. The second-order valence-electron chi connectivity index (χ2n) is 9.38. The lowest BCUT2D eigenvalue weighted by atomic mass is 9.46. The minimum atomic E-state index is -0.245. The molecule has 0 amide bonds. The van der Waals surface area contributed by atoms with Gasteiger partial charge in [-0.05, 0) is 74.3 Å². The summed E-state index contributed by atoms with van der Waals surface area (Å²) in [7, 11) is 0. The van der Waals surface area contributed by atoms with Crippen LogP contribution in [-0.4, -0.2) is 29.6 Å². The molecule has 8 atom stereocenters. The van der Waals surface area contributed by atoms with Crippen molar-refractivity contribution in [2.24, 2.45) is 34.5 Å². The summed E-state index contributed by atoms with van der Waals surface area (Å²) in [5, 5.41) is 15.0. The third-order valence-electron chi connectivity index (χ3n) is 8.65. The minimum Gasteiger partial charge on any atom is -0.393 e. The van der Waals surface area contributed by atoms with Gasteiger partial charge in [0.25, 0.3) is 0 Å². The van der Waals surface area contributed by atoms with E-state index in [1.165, 1.54) is 18.4 Å². The third-order valence-corrected chi connectivity index (χ3v) is 8.65. The van der Waals surface area contributed by atoms with Crippen LogP contribution in [0.5, 0.6) is 0 Å². The Hall–Kier alpha value is -0.930. The molecule has 130 valence electrons. The predicted molar refractivity (Wildman–Crippen MR) is 93.3 cm³/mol. The van der Waals surface area contributed by atoms with E-state index in [-0.39, 0.29) is 23.2 Å². The van der Waals surface area contributed by atoms with Crippen LogP contribution in [0.4, 0.5) is 0 Å². The summed E-state index contributed by atoms with van der Waals surface area (Å²) in [4.78, 5) is 11.8. The molecule has 3 nitrogen and oxygen atoms in total. The number of fused-ring (bicyclic) bond motifs is 4. The largest absolute Gasteiger partial charge is 0.393 e. The second-order valence-corrected chi connectivity index (χ2v) is 9.38. The smallest absolute Gasteiger partial charge is 0.178 e. The maximum absolute atomic E-state index is 11.8. The van der Waals surface area contributed by atoms with Crippen LogP contribution in [0.15, 0.2) is 23.8 Å². The van der Waals surface area contributed by atoms with Crippen molar-refractivity contribution in [1.29, 1.82) is 0 Å². The molecule has 3 heteroatoms. The van der Waals surface area contributed by atoms with Crippen LogP contribution < -0.4 is 5.32 Å². The first-order valence-corrected chi connectivity index (χ1v) is 9.81. The summed E-state index contributed by atoms with van der Waals surface area (Å²) < 4.78 is 0. The fourth-order valence-corrected chi connectivity index (χ4v) is 7.73. The topological polar surface area (TPSA) is 49.3 Å². The van der Waals surface area contributed by atoms with E-state index >= 15 is 0 Å². The van der Waals surface area contributed by atoms with E-state index in [0.717, 1.165) is 37.6 Å². The van der Waals surface area contributed by atoms with Gasteiger partial charge in [0.05, 0.1) is 6.10 Å². The summed E-state index contributed by atoms with van der Waals surface area (Å²) in [6.45, 7) is 5.69. The first-order chi connectivity index (χ1) is 11.5. The van der Waals surface area contributed by atoms with E-state index in [1.54, 1.807) is 6.08 Å². The summed E-state index contributed by atoms with van der Waals surface area (Å²) in [5.74, 6) is 2.50. The highest BCUT2D eigenvalue weighted by Crippen LogP contribution is 2.67. The Labute approximate surface area is 144 Å². The predicted octanol–water partition coefficient (Wildman–Crippen LogP) is 2.85. The molecule has 4 aliphatic carbocycles. The van der Waals surface area contributed by atoms with Crippen molar-refractivity contribution in [2.45, 2.75) is 58.1 Å². The van der Waals surface area contributed by atoms with E-state index < -0.39 is 0 Å². The van der Waals surface area contributed by atoms with Gasteiger partial charge in [0.1, 0.15) is 0 Å². The van der Waals surface area contributed by atoms with Crippen LogP contribution in [-0.2, 0) is 4.79 Å². The zero-order valence-corrected chi connectivity index (χ0v) is 14.8. The maximum atomic E-state index is 11.8. The molecule has 5 aliphatic rings. The number of carbonyl (C=O) groups is 1. The van der Waals surface area contributed by atoms with Gasteiger partial charge in [-0.1, -0.05) is 18.6 Å². The number of hydrogen-bond donors (Lipinski definition) is 2. The fourth-order valence-electron chi connectivity index (χ4n) is 7.73. The Kier molecular flexibility index (Phi) is 3.08. The molecule has 0 aromatic rings. The first-order valence-electron chi connectivity index (χ1n) is 9.81. The standard InChI is InChI=1S/C21H29NO2/c1-12-16-5-6-17-15-4-3-13-9-14(23)7-8-20(13,2)19(15)18(24)10-21(16,17)11-22-12/h7-9,12,15-19,22,24H,3-6,10-11H2,1-2H3/t12-,15-,16+,17+,18+,19+,20-,21-/m0/s1. The Balaban J connectivity index is 1.56. The highest BCUT2D eigenvalue weighted by atomic mass is 16.3. The number of allylic oxidation sites excluding steroid dienone is 4. The fraction of sp³-hybridized carbons (Fsp3) is 0.762. The molecule has 3 saturated carbocycles. The molecule has 1 saturated heterocycles. The van der Waals surface area contributed by atoms with Gasteiger partial charge in [0.2, 0.25) is 0 Å². The van der Waals surface area contributed by atoms with Crippen LogP contribution >= 0.6 is 0 Å². The highest BCUT2D eigenvalue weighted by Gasteiger charge is 2.65. The van der Waals surface area contributed by atoms with Gasteiger partial charge in [-0.15, -0.1) is 0 Å². The summed E-state index contributed by atoms with van der Waals surface area (Å²) in [6.07, 6.45) is 11.2. The van der Waals surface area contributed by atoms with Gasteiger partial charge in [0, 0.05) is 23.9 Å². The van der Waals surface area contributed by atoms with Crippen LogP contribution in [0, 0.1) is 34.5 Å². The van der Waals surface area contributed by atoms with Crippen molar-refractivity contribution in [3.05, 3.63) is 23.8 Å². The number of aliphatic hydroxyl groups is 1. The number of aliphatic hydroxyl groups excluding tert-OH is 1. The molecule has 1 spiro atoms. The van der Waals surface area contributed by atoms with Crippen LogP contribution in [0.3, 0.4) is 0 Å². The average molecular weight is 327 g/mol. The van der Waals surface area contributed by atoms with E-state index in [4.69, 9.17) is 0 Å². The van der Waals surface area contributed by atoms with Crippen molar-refractivity contribution in [3.63, 3.8) is 0 Å². The molecule has 0 bridgehead atoms. The van der Waals surface area contributed by atoms with Crippen molar-refractivity contribution < 1.29 is 9.90 Å². The Bertz CT molecular complexity index is 652. The molecule has 0 unspecified atom stereocenters. The van der Waals surface area contributed by atoms with Gasteiger partial charge in [-0.25, -0.2) is 0 Å². The molecule has 1 heterocycles. The third kappa shape index (κ3) is 1.73. The van der Waals surface area contributed by atoms with E-state index in [2.05, 4.69) is 25.2 Å². The molecule has 4 fully saturated rings. The number of nitrogens with one attached hydrogen (secondary N) is 1. The van der Waals surface area contributed by atoms with Gasteiger partial charge in [0.15, 0.2) is 5.78 Å². The lowest BCUT2D eigenvalue weighted by Gasteiger charge is -2.58. The summed E-state index contributed by atoms with van der Waals surface area (Å²) >= 11 is 0. The van der Waals surface area contributed by atoms with Crippen molar-refractivity contribution >= 4 is 5.78 Å². The SMILES string of the molecule is C[C@@H]1NC[C@]23C[C@@H](O)[C@H]4[C@@H](CCC5=CC(=O)C=C[C@@]54C)[C@H]2CC[C@H]13. The maximum Gasteiger partial charge on any atom is 0.178 e. The van der Waals surface area contributed by atoms with Crippen LogP contribution in [0.2, 0.25) is 0 Å². The first kappa shape index (κ1) is 15.3. The zero-order chi connectivity index (χ0) is 16.7. The minimum absolute atomic E-state index is 0.117. The van der Waals surface area contributed by atoms with Crippen LogP contribution in [0.1, 0.15) is 46.0 Å². The molecule has 0 radical (unpaired) electrons. The van der Waals surface area contributed by atoms with Crippen molar-refractivity contribution in [3.8, 4) is 0 Å². The van der Waals surface area contributed by atoms with Crippen molar-refractivity contribution in [1.82, 2.24) is 5.32 Å². The molecule has 0 aromatic heterocycles. The molecular formula is C21H29NO2. The Morgan fingerprint density at radius 3 is 2.88 bits per heavy atom. The molecule has 2 N–H and O–H groups in total. The molecule has 24 heavy (non-hydrogen) atoms. The van der Waals surface area contributed by atoms with Gasteiger partial charge in [-0.2, -0.15) is 0 Å². The number of rotatable bonds is 0. The average Bonchev–Trinajstić information content (AvgIpc) is 3.05. The monoisotopic (exact) mass is 327 g/mol. The number of hydrogen-bond acceptors (Lipinski definition) is 3. The lowest BCUT2D eigenvalue weighted by molar-refractivity contribution is -0.116. The molecule has 1 aliphatic heterocycles. The highest BCUT2D eigenvalue weighted by molar-refractivity contribution is 6.01. The number of carbonyl (C=O) groups excluding carboxylic acids is 1. The van der Waals surface area contributed by atoms with Crippen molar-refractivity contribution in [2.75, 3.05) is 6.54 Å².